The van der Waals surface area contributed by atoms with E-state index in [0.29, 0.717) is 19.5 Å². The number of carbonyl (C=O) groups is 3. The van der Waals surface area contributed by atoms with Crippen molar-refractivity contribution >= 4 is 23.4 Å². The third-order valence-electron chi connectivity index (χ3n) is 4.94. The van der Waals surface area contributed by atoms with E-state index in [1.54, 1.807) is 23.9 Å². The van der Waals surface area contributed by atoms with Gasteiger partial charge in [0.2, 0.25) is 17.7 Å². The lowest BCUT2D eigenvalue weighted by molar-refractivity contribution is -0.150. The summed E-state index contributed by atoms with van der Waals surface area (Å²) in [5, 5.41) is 0. The van der Waals surface area contributed by atoms with E-state index in [-0.39, 0.29) is 24.3 Å². The van der Waals surface area contributed by atoms with Gasteiger partial charge in [0.05, 0.1) is 6.54 Å². The molecule has 0 spiro atoms. The van der Waals surface area contributed by atoms with Crippen LogP contribution in [0.25, 0.3) is 0 Å². The van der Waals surface area contributed by atoms with Gasteiger partial charge in [-0.25, -0.2) is 0 Å². The van der Waals surface area contributed by atoms with Crippen LogP contribution in [0.2, 0.25) is 0 Å². The van der Waals surface area contributed by atoms with Crippen LogP contribution in [0.5, 0.6) is 0 Å². The average molecular weight is 374 g/mol. The summed E-state index contributed by atoms with van der Waals surface area (Å²) in [5.41, 5.74) is 1.12. The second-order valence-corrected chi connectivity index (χ2v) is 7.16. The highest BCUT2D eigenvalue weighted by Gasteiger charge is 2.36. The Morgan fingerprint density at radius 1 is 1.07 bits per heavy atom. The maximum atomic E-state index is 12.6. The van der Waals surface area contributed by atoms with Gasteiger partial charge in [-0.3, -0.25) is 14.4 Å². The first kappa shape index (κ1) is 20.7. The molecule has 0 saturated carbocycles. The van der Waals surface area contributed by atoms with E-state index >= 15 is 0 Å². The maximum absolute atomic E-state index is 12.6. The van der Waals surface area contributed by atoms with E-state index in [0.717, 1.165) is 18.7 Å². The monoisotopic (exact) mass is 374 g/mol. The van der Waals surface area contributed by atoms with E-state index in [1.165, 1.54) is 11.8 Å². The zero-order valence-corrected chi connectivity index (χ0v) is 16.7. The normalized spacial score (nSPS) is 16.8. The Hall–Kier alpha value is -2.57. The highest BCUT2D eigenvalue weighted by Crippen LogP contribution is 2.15. The van der Waals surface area contributed by atoms with Crippen LogP contribution in [-0.4, -0.2) is 85.8 Å². The van der Waals surface area contributed by atoms with Crippen LogP contribution in [0.4, 0.5) is 5.69 Å². The first-order chi connectivity index (χ1) is 12.8. The molecule has 0 aliphatic carbocycles. The minimum atomic E-state index is -0.595. The zero-order valence-electron chi connectivity index (χ0n) is 16.7. The van der Waals surface area contributed by atoms with Crippen LogP contribution in [0.1, 0.15) is 19.8 Å². The van der Waals surface area contributed by atoms with Crippen molar-refractivity contribution < 1.29 is 14.4 Å². The molecule has 1 aromatic carbocycles. The molecule has 3 amide bonds. The molecule has 1 aliphatic rings. The highest BCUT2D eigenvalue weighted by molar-refractivity contribution is 5.88. The topological polar surface area (TPSA) is 64.2 Å². The molecule has 27 heavy (non-hydrogen) atoms. The number of hydrogen-bond acceptors (Lipinski definition) is 4. The van der Waals surface area contributed by atoms with Crippen LogP contribution in [0.3, 0.4) is 0 Å². The summed E-state index contributed by atoms with van der Waals surface area (Å²) in [5.74, 6) is -0.241. The minimum Gasteiger partial charge on any atom is -0.375 e. The van der Waals surface area contributed by atoms with Crippen LogP contribution < -0.4 is 4.90 Å². The molecule has 0 aromatic heterocycles. The number of likely N-dealkylation sites (N-methyl/N-ethyl adjacent to an activating group) is 1. The number of rotatable bonds is 6. The molecule has 1 heterocycles. The van der Waals surface area contributed by atoms with Crippen molar-refractivity contribution in [2.45, 2.75) is 25.8 Å². The number of amides is 3. The average Bonchev–Trinajstić information content (AvgIpc) is 2.67. The van der Waals surface area contributed by atoms with Crippen LogP contribution in [-0.2, 0) is 14.4 Å². The highest BCUT2D eigenvalue weighted by atomic mass is 16.2. The summed E-state index contributed by atoms with van der Waals surface area (Å²) in [6.45, 7) is 3.39. The Labute approximate surface area is 161 Å². The SMILES string of the molecule is CC(=O)N1CCN(C(=O)CCCN(C)c2ccccc2)C[C@H]1C(=O)N(C)C. The third-order valence-corrected chi connectivity index (χ3v) is 4.94. The van der Waals surface area contributed by atoms with Gasteiger partial charge in [-0.1, -0.05) is 18.2 Å². The molecule has 0 radical (unpaired) electrons. The predicted octanol–water partition coefficient (Wildman–Crippen LogP) is 1.05. The van der Waals surface area contributed by atoms with E-state index in [4.69, 9.17) is 0 Å². The van der Waals surface area contributed by atoms with Gasteiger partial charge in [-0.2, -0.15) is 0 Å². The summed E-state index contributed by atoms with van der Waals surface area (Å²) in [4.78, 5) is 43.8. The third kappa shape index (κ3) is 5.45. The second kappa shape index (κ2) is 9.39. The number of para-hydroxylation sites is 1. The van der Waals surface area contributed by atoms with Crippen molar-refractivity contribution in [2.24, 2.45) is 0 Å². The minimum absolute atomic E-state index is 0.0382. The summed E-state index contributed by atoms with van der Waals surface area (Å²) in [7, 11) is 5.35. The van der Waals surface area contributed by atoms with E-state index in [9.17, 15) is 14.4 Å². The maximum Gasteiger partial charge on any atom is 0.246 e. The quantitative estimate of drug-likeness (QED) is 0.747. The van der Waals surface area contributed by atoms with Gasteiger partial charge in [-0.15, -0.1) is 0 Å². The molecule has 0 N–H and O–H groups in total. The zero-order chi connectivity index (χ0) is 20.0. The van der Waals surface area contributed by atoms with Crippen molar-refractivity contribution in [1.82, 2.24) is 14.7 Å². The Morgan fingerprint density at radius 2 is 1.74 bits per heavy atom. The van der Waals surface area contributed by atoms with Gasteiger partial charge in [0.15, 0.2) is 0 Å². The lowest BCUT2D eigenvalue weighted by atomic mass is 10.1. The number of carbonyl (C=O) groups excluding carboxylic acids is 3. The molecule has 1 saturated heterocycles. The Kier molecular flexibility index (Phi) is 7.21. The molecular weight excluding hydrogens is 344 g/mol. The Morgan fingerprint density at radius 3 is 2.33 bits per heavy atom. The molecule has 2 rings (SSSR count). The molecule has 1 aliphatic heterocycles. The van der Waals surface area contributed by atoms with Crippen molar-refractivity contribution in [1.29, 1.82) is 0 Å². The van der Waals surface area contributed by atoms with Gasteiger partial charge < -0.3 is 19.6 Å². The molecule has 1 fully saturated rings. The smallest absolute Gasteiger partial charge is 0.246 e. The molecule has 0 bridgehead atoms. The van der Waals surface area contributed by atoms with Crippen LogP contribution in [0.15, 0.2) is 30.3 Å². The van der Waals surface area contributed by atoms with Crippen molar-refractivity contribution in [3.8, 4) is 0 Å². The number of nitrogens with zero attached hydrogens (tertiary/aromatic N) is 4. The van der Waals surface area contributed by atoms with Gasteiger partial charge >= 0.3 is 0 Å². The number of hydrogen-bond donors (Lipinski definition) is 0. The van der Waals surface area contributed by atoms with Gasteiger partial charge in [0, 0.05) is 59.8 Å². The molecule has 148 valence electrons. The number of anilines is 1. The lowest BCUT2D eigenvalue weighted by Crippen LogP contribution is -2.61. The largest absolute Gasteiger partial charge is 0.375 e. The Bertz CT molecular complexity index is 662. The lowest BCUT2D eigenvalue weighted by Gasteiger charge is -2.41. The summed E-state index contributed by atoms with van der Waals surface area (Å²) < 4.78 is 0. The molecular formula is C20H30N4O3. The molecule has 1 atom stereocenters. The summed E-state index contributed by atoms with van der Waals surface area (Å²) >= 11 is 0. The fourth-order valence-electron chi connectivity index (χ4n) is 3.33. The van der Waals surface area contributed by atoms with Crippen LogP contribution in [0, 0.1) is 0 Å². The van der Waals surface area contributed by atoms with Gasteiger partial charge in [0.25, 0.3) is 0 Å². The fourth-order valence-corrected chi connectivity index (χ4v) is 3.33. The summed E-state index contributed by atoms with van der Waals surface area (Å²) in [6.07, 6.45) is 1.17. The Balaban J connectivity index is 1.88. The molecule has 0 unspecified atom stereocenters. The standard InChI is InChI=1S/C20H30N4O3/c1-16(25)24-14-13-23(15-18(24)20(27)21(2)3)19(26)11-8-12-22(4)17-9-6-5-7-10-17/h5-7,9-10,18H,8,11-15H2,1-4H3/t18-/m0/s1. The first-order valence-electron chi connectivity index (χ1n) is 9.33. The first-order valence-corrected chi connectivity index (χ1v) is 9.33. The van der Waals surface area contributed by atoms with Crippen molar-refractivity contribution in [3.63, 3.8) is 0 Å². The molecule has 7 nitrogen and oxygen atoms in total. The molecule has 1 aromatic rings. The number of benzene rings is 1. The van der Waals surface area contributed by atoms with Crippen LogP contribution >= 0.6 is 0 Å². The van der Waals surface area contributed by atoms with E-state index in [1.807, 2.05) is 37.4 Å². The fraction of sp³-hybridized carbons (Fsp3) is 0.550. The molecule has 7 heteroatoms. The van der Waals surface area contributed by atoms with Crippen molar-refractivity contribution in [2.75, 3.05) is 52.2 Å². The summed E-state index contributed by atoms with van der Waals surface area (Å²) in [6, 6.07) is 9.45. The predicted molar refractivity (Wildman–Crippen MR) is 105 cm³/mol. The van der Waals surface area contributed by atoms with Gasteiger partial charge in [-0.05, 0) is 18.6 Å². The van der Waals surface area contributed by atoms with E-state index < -0.39 is 6.04 Å². The van der Waals surface area contributed by atoms with E-state index in [2.05, 4.69) is 4.90 Å². The van der Waals surface area contributed by atoms with Gasteiger partial charge in [0.1, 0.15) is 6.04 Å². The second-order valence-electron chi connectivity index (χ2n) is 7.16. The number of piperazine rings is 1. The van der Waals surface area contributed by atoms with Crippen molar-refractivity contribution in [3.05, 3.63) is 30.3 Å².